The standard InChI is InChI=1S/C30H41N3O11/c1-13(36)32-23-25(38)28(44-30-27(40)26(39)24(37)20(10-34)42-30)21(11-35)43-29(23)41-12-14-6-17-16-4-3-5-18-22(16)15(8-31-18)7-19(17)33(2)9-14/h3-6,8,17,19-21,23-31,34-35,37-40H,7,9-12H2,1-2H3,(H,32,36)/t17-,19-,20-,21-,23-,24+,25-,26+,27-,28-,29-,30+/m1/s1. The van der Waals surface area contributed by atoms with Gasteiger partial charge in [-0.1, -0.05) is 18.2 Å². The van der Waals surface area contributed by atoms with E-state index in [4.69, 9.17) is 18.9 Å². The van der Waals surface area contributed by atoms with Gasteiger partial charge in [-0.3, -0.25) is 9.69 Å². The number of aliphatic hydroxyl groups excluding tert-OH is 6. The lowest BCUT2D eigenvalue weighted by Gasteiger charge is -2.47. The number of ether oxygens (including phenoxy) is 4. The van der Waals surface area contributed by atoms with E-state index in [9.17, 15) is 35.4 Å². The number of carbonyl (C=O) groups excluding carboxylic acids is 1. The summed E-state index contributed by atoms with van der Waals surface area (Å²) in [5.41, 5.74) is 4.64. The summed E-state index contributed by atoms with van der Waals surface area (Å²) in [6, 6.07) is 5.42. The number of likely N-dealkylation sites (N-methyl/N-ethyl adjacent to an activating group) is 1. The molecule has 3 aliphatic heterocycles. The maximum atomic E-state index is 12.1. The molecule has 0 saturated carbocycles. The van der Waals surface area contributed by atoms with Crippen LogP contribution < -0.4 is 5.32 Å². The van der Waals surface area contributed by atoms with E-state index in [0.717, 1.165) is 17.5 Å². The minimum atomic E-state index is -1.74. The van der Waals surface area contributed by atoms with Crippen LogP contribution in [0, 0.1) is 0 Å². The first-order valence-electron chi connectivity index (χ1n) is 14.9. The molecule has 1 aliphatic carbocycles. The van der Waals surface area contributed by atoms with Crippen LogP contribution in [0.5, 0.6) is 0 Å². The van der Waals surface area contributed by atoms with Crippen LogP contribution in [0.1, 0.15) is 24.0 Å². The van der Waals surface area contributed by atoms with Gasteiger partial charge in [-0.05, 0) is 36.2 Å². The SMILES string of the molecule is CC(=O)N[C@H]1[C@H](OCC2=C[C@@H]3c4cccc5[nH]cc(c45)C[C@H]3N(C)C2)O[C@H](CO)[C@@H](O[C@@H]2O[C@H](CO)[C@H](O)[C@H](O)[C@H]2O)[C@@H]1O. The summed E-state index contributed by atoms with van der Waals surface area (Å²) in [7, 11) is 2.08. The molecule has 4 heterocycles. The number of aliphatic hydroxyl groups is 6. The van der Waals surface area contributed by atoms with Crippen LogP contribution in [0.3, 0.4) is 0 Å². The van der Waals surface area contributed by atoms with Crippen molar-refractivity contribution < 1.29 is 54.4 Å². The molecular weight excluding hydrogens is 578 g/mol. The van der Waals surface area contributed by atoms with Crippen LogP contribution in [0.15, 0.2) is 36.0 Å². The van der Waals surface area contributed by atoms with E-state index in [2.05, 4.69) is 46.7 Å². The minimum Gasteiger partial charge on any atom is -0.394 e. The average Bonchev–Trinajstić information content (AvgIpc) is 3.43. The summed E-state index contributed by atoms with van der Waals surface area (Å²) in [5.74, 6) is -0.331. The van der Waals surface area contributed by atoms with Gasteiger partial charge in [0.15, 0.2) is 12.6 Å². The molecule has 4 aliphatic rings. The van der Waals surface area contributed by atoms with E-state index in [-0.39, 0.29) is 18.6 Å². The number of H-pyrrole nitrogens is 1. The van der Waals surface area contributed by atoms with Crippen LogP contribution in [0.25, 0.3) is 10.9 Å². The zero-order valence-electron chi connectivity index (χ0n) is 24.5. The van der Waals surface area contributed by atoms with Gasteiger partial charge >= 0.3 is 0 Å². The summed E-state index contributed by atoms with van der Waals surface area (Å²) in [6.07, 6.45) is -7.85. The van der Waals surface area contributed by atoms with Crippen molar-refractivity contribution in [2.45, 2.75) is 86.7 Å². The molecule has 2 fully saturated rings. The van der Waals surface area contributed by atoms with Crippen molar-refractivity contribution in [3.8, 4) is 0 Å². The Morgan fingerprint density at radius 1 is 1.05 bits per heavy atom. The van der Waals surface area contributed by atoms with Gasteiger partial charge in [-0.2, -0.15) is 0 Å². The molecule has 242 valence electrons. The maximum Gasteiger partial charge on any atom is 0.217 e. The Morgan fingerprint density at radius 3 is 2.52 bits per heavy atom. The predicted molar refractivity (Wildman–Crippen MR) is 153 cm³/mol. The monoisotopic (exact) mass is 619 g/mol. The molecule has 1 aromatic heterocycles. The fourth-order valence-corrected chi connectivity index (χ4v) is 7.04. The Hall–Kier alpha value is -2.47. The molecule has 2 aromatic rings. The number of nitrogens with zero attached hydrogens (tertiary/aromatic N) is 1. The smallest absolute Gasteiger partial charge is 0.217 e. The number of rotatable bonds is 8. The lowest BCUT2D eigenvalue weighted by atomic mass is 9.77. The second-order valence-corrected chi connectivity index (χ2v) is 12.2. The first-order chi connectivity index (χ1) is 21.1. The van der Waals surface area contributed by atoms with Gasteiger partial charge in [0.1, 0.15) is 48.8 Å². The predicted octanol–water partition coefficient (Wildman–Crippen LogP) is -2.17. The summed E-state index contributed by atoms with van der Waals surface area (Å²) in [5, 5.41) is 65.6. The highest BCUT2D eigenvalue weighted by Gasteiger charge is 2.51. The highest BCUT2D eigenvalue weighted by molar-refractivity contribution is 5.88. The number of hydrogen-bond donors (Lipinski definition) is 8. The second kappa shape index (κ2) is 12.7. The number of fused-ring (bicyclic) bond motifs is 2. The normalized spacial score (nSPS) is 39.1. The molecule has 12 atom stereocenters. The zero-order chi connectivity index (χ0) is 31.3. The van der Waals surface area contributed by atoms with Crippen LogP contribution in [0.2, 0.25) is 0 Å². The number of aromatic nitrogens is 1. The number of hydrogen-bond acceptors (Lipinski definition) is 12. The summed E-state index contributed by atoms with van der Waals surface area (Å²) >= 11 is 0. The lowest BCUT2D eigenvalue weighted by Crippen LogP contribution is -2.67. The number of benzene rings is 1. The molecule has 0 unspecified atom stereocenters. The molecule has 1 aromatic carbocycles. The molecule has 2 saturated heterocycles. The molecule has 14 nitrogen and oxygen atoms in total. The van der Waals surface area contributed by atoms with Crippen molar-refractivity contribution in [3.63, 3.8) is 0 Å². The first kappa shape index (κ1) is 31.5. The number of aromatic amines is 1. The Balaban J connectivity index is 1.19. The van der Waals surface area contributed by atoms with Crippen molar-refractivity contribution in [2.75, 3.05) is 33.4 Å². The molecule has 0 radical (unpaired) electrons. The summed E-state index contributed by atoms with van der Waals surface area (Å²) in [6.45, 7) is 0.754. The molecule has 1 amide bonds. The highest BCUT2D eigenvalue weighted by Crippen LogP contribution is 2.42. The number of nitrogens with one attached hydrogen (secondary N) is 2. The van der Waals surface area contributed by atoms with Crippen LogP contribution in [-0.2, 0) is 30.2 Å². The number of carbonyl (C=O) groups is 1. The lowest BCUT2D eigenvalue weighted by molar-refractivity contribution is -0.347. The maximum absolute atomic E-state index is 12.1. The molecule has 14 heteroatoms. The van der Waals surface area contributed by atoms with Crippen molar-refractivity contribution >= 4 is 16.8 Å². The van der Waals surface area contributed by atoms with E-state index in [1.54, 1.807) is 0 Å². The molecule has 8 N–H and O–H groups in total. The van der Waals surface area contributed by atoms with E-state index in [0.29, 0.717) is 6.54 Å². The highest BCUT2D eigenvalue weighted by atomic mass is 16.7. The van der Waals surface area contributed by atoms with Gasteiger partial charge < -0.3 is 59.9 Å². The van der Waals surface area contributed by atoms with E-state index < -0.39 is 80.5 Å². The number of amides is 1. The average molecular weight is 620 g/mol. The van der Waals surface area contributed by atoms with Gasteiger partial charge in [0.2, 0.25) is 5.91 Å². The third kappa shape index (κ3) is 5.69. The van der Waals surface area contributed by atoms with Crippen molar-refractivity contribution in [1.82, 2.24) is 15.2 Å². The van der Waals surface area contributed by atoms with Gasteiger partial charge in [-0.25, -0.2) is 0 Å². The molecule has 0 bridgehead atoms. The molecule has 44 heavy (non-hydrogen) atoms. The zero-order valence-corrected chi connectivity index (χ0v) is 24.5. The summed E-state index contributed by atoms with van der Waals surface area (Å²) in [4.78, 5) is 17.8. The van der Waals surface area contributed by atoms with Gasteiger partial charge in [0, 0.05) is 42.5 Å². The second-order valence-electron chi connectivity index (χ2n) is 12.2. The molecule has 0 spiro atoms. The van der Waals surface area contributed by atoms with Crippen LogP contribution in [-0.4, -0.2) is 147 Å². The van der Waals surface area contributed by atoms with E-state index in [1.807, 2.05) is 6.07 Å². The quantitative estimate of drug-likeness (QED) is 0.149. The van der Waals surface area contributed by atoms with Gasteiger partial charge in [0.05, 0.1) is 19.8 Å². The minimum absolute atomic E-state index is 0.132. The van der Waals surface area contributed by atoms with E-state index >= 15 is 0 Å². The Labute approximate surface area is 253 Å². The van der Waals surface area contributed by atoms with Crippen LogP contribution >= 0.6 is 0 Å². The Bertz CT molecular complexity index is 1370. The third-order valence-electron chi connectivity index (χ3n) is 9.25. The topological polar surface area (TPSA) is 206 Å². The van der Waals surface area contributed by atoms with Crippen molar-refractivity contribution in [2.24, 2.45) is 0 Å². The third-order valence-corrected chi connectivity index (χ3v) is 9.25. The van der Waals surface area contributed by atoms with E-state index in [1.165, 1.54) is 23.4 Å². The summed E-state index contributed by atoms with van der Waals surface area (Å²) < 4.78 is 23.4. The Kier molecular flexibility index (Phi) is 9.12. The molecular formula is C30H41N3O11. The van der Waals surface area contributed by atoms with Crippen molar-refractivity contribution in [1.29, 1.82) is 0 Å². The van der Waals surface area contributed by atoms with Crippen molar-refractivity contribution in [3.05, 3.63) is 47.2 Å². The fraction of sp³-hybridized carbons (Fsp3) is 0.633. The largest absolute Gasteiger partial charge is 0.394 e. The Morgan fingerprint density at radius 2 is 1.80 bits per heavy atom. The fourth-order valence-electron chi connectivity index (χ4n) is 7.04. The first-order valence-corrected chi connectivity index (χ1v) is 14.9. The van der Waals surface area contributed by atoms with Gasteiger partial charge in [0.25, 0.3) is 0 Å². The van der Waals surface area contributed by atoms with Gasteiger partial charge in [-0.15, -0.1) is 0 Å². The molecule has 6 rings (SSSR count). The van der Waals surface area contributed by atoms with Crippen LogP contribution in [0.4, 0.5) is 0 Å².